The number of rotatable bonds is 2. The van der Waals surface area contributed by atoms with Gasteiger partial charge in [0.1, 0.15) is 5.15 Å². The summed E-state index contributed by atoms with van der Waals surface area (Å²) < 4.78 is 11.9. The first-order valence-electron chi connectivity index (χ1n) is 6.28. The van der Waals surface area contributed by atoms with E-state index < -0.39 is 7.12 Å². The quantitative estimate of drug-likeness (QED) is 0.610. The van der Waals surface area contributed by atoms with Crippen LogP contribution in [-0.2, 0) is 15.7 Å². The molecule has 0 bridgehead atoms. The minimum absolute atomic E-state index is 0.352. The fourth-order valence-electron chi connectivity index (χ4n) is 1.84. The molecule has 2 heterocycles. The van der Waals surface area contributed by atoms with Gasteiger partial charge in [-0.1, -0.05) is 24.6 Å². The first-order chi connectivity index (χ1) is 8.27. The smallest absolute Gasteiger partial charge is 0.398 e. The van der Waals surface area contributed by atoms with Gasteiger partial charge in [-0.15, -0.1) is 0 Å². The molecule has 18 heavy (non-hydrogen) atoms. The highest BCUT2D eigenvalue weighted by Gasteiger charge is 2.52. The molecule has 98 valence electrons. The minimum atomic E-state index is -0.446. The van der Waals surface area contributed by atoms with Crippen molar-refractivity contribution < 1.29 is 9.31 Å². The van der Waals surface area contributed by atoms with Crippen LogP contribution < -0.4 is 5.59 Å². The molecule has 1 aliphatic heterocycles. The summed E-state index contributed by atoms with van der Waals surface area (Å²) >= 11 is 6.13. The number of nitrogens with zero attached hydrogens (tertiary/aromatic N) is 1. The van der Waals surface area contributed by atoms with Gasteiger partial charge in [-0.05, 0) is 45.7 Å². The SMILES string of the molecule is CCc1ccc(B2OC(C)(C)C(C)(C)O2)nc1Cl. The maximum absolute atomic E-state index is 6.13. The molecule has 1 aliphatic rings. The normalized spacial score (nSPS) is 21.3. The highest BCUT2D eigenvalue weighted by Crippen LogP contribution is 2.36. The lowest BCUT2D eigenvalue weighted by atomic mass is 9.84. The van der Waals surface area contributed by atoms with E-state index in [9.17, 15) is 0 Å². The van der Waals surface area contributed by atoms with Crippen LogP contribution >= 0.6 is 11.6 Å². The highest BCUT2D eigenvalue weighted by atomic mass is 35.5. The Labute approximate surface area is 114 Å². The van der Waals surface area contributed by atoms with Gasteiger partial charge in [-0.3, -0.25) is 0 Å². The third-order valence-corrected chi connectivity index (χ3v) is 4.15. The maximum Gasteiger partial charge on any atom is 0.514 e. The van der Waals surface area contributed by atoms with Crippen LogP contribution in [0.4, 0.5) is 0 Å². The van der Waals surface area contributed by atoms with Crippen LogP contribution in [-0.4, -0.2) is 23.3 Å². The molecule has 0 aromatic carbocycles. The van der Waals surface area contributed by atoms with Crippen molar-refractivity contribution in [2.24, 2.45) is 0 Å². The third-order valence-electron chi connectivity index (χ3n) is 3.82. The topological polar surface area (TPSA) is 31.4 Å². The molecule has 0 aliphatic carbocycles. The summed E-state index contributed by atoms with van der Waals surface area (Å²) in [7, 11) is -0.446. The van der Waals surface area contributed by atoms with Crippen molar-refractivity contribution in [3.8, 4) is 0 Å². The highest BCUT2D eigenvalue weighted by molar-refractivity contribution is 6.61. The fraction of sp³-hybridized carbons (Fsp3) is 0.615. The van der Waals surface area contributed by atoms with E-state index in [0.717, 1.165) is 17.6 Å². The van der Waals surface area contributed by atoms with E-state index in [1.807, 2.05) is 39.8 Å². The Morgan fingerprint density at radius 2 is 1.72 bits per heavy atom. The Bertz CT molecular complexity index is 446. The molecule has 1 saturated heterocycles. The second-order valence-electron chi connectivity index (χ2n) is 5.63. The number of aryl methyl sites for hydroxylation is 1. The van der Waals surface area contributed by atoms with Crippen LogP contribution in [0.15, 0.2) is 12.1 Å². The largest absolute Gasteiger partial charge is 0.514 e. The summed E-state index contributed by atoms with van der Waals surface area (Å²) in [5.74, 6) is 0. The summed E-state index contributed by atoms with van der Waals surface area (Å²) in [6.07, 6.45) is 0.871. The van der Waals surface area contributed by atoms with Crippen molar-refractivity contribution in [3.63, 3.8) is 0 Å². The van der Waals surface area contributed by atoms with E-state index in [2.05, 4.69) is 11.9 Å². The van der Waals surface area contributed by atoms with Crippen LogP contribution in [0.25, 0.3) is 0 Å². The molecule has 0 spiro atoms. The molecule has 3 nitrogen and oxygen atoms in total. The zero-order chi connectivity index (χ0) is 13.6. The van der Waals surface area contributed by atoms with Crippen molar-refractivity contribution in [2.45, 2.75) is 52.2 Å². The molecule has 1 aromatic heterocycles. The van der Waals surface area contributed by atoms with Crippen molar-refractivity contribution in [2.75, 3.05) is 0 Å². The lowest BCUT2D eigenvalue weighted by Gasteiger charge is -2.32. The van der Waals surface area contributed by atoms with Crippen LogP contribution in [0.5, 0.6) is 0 Å². The van der Waals surface area contributed by atoms with Crippen molar-refractivity contribution in [3.05, 3.63) is 22.8 Å². The summed E-state index contributed by atoms with van der Waals surface area (Å²) in [6.45, 7) is 10.1. The van der Waals surface area contributed by atoms with E-state index in [4.69, 9.17) is 20.9 Å². The van der Waals surface area contributed by atoms with Gasteiger partial charge in [-0.2, -0.15) is 0 Å². The molecule has 0 saturated carbocycles. The van der Waals surface area contributed by atoms with Crippen LogP contribution in [0.2, 0.25) is 5.15 Å². The average molecular weight is 268 g/mol. The zero-order valence-electron chi connectivity index (χ0n) is 11.6. The Morgan fingerprint density at radius 3 is 2.17 bits per heavy atom. The number of hydrogen-bond acceptors (Lipinski definition) is 3. The number of aromatic nitrogens is 1. The van der Waals surface area contributed by atoms with E-state index in [0.29, 0.717) is 5.15 Å². The molecule has 0 unspecified atom stereocenters. The third kappa shape index (κ3) is 2.29. The van der Waals surface area contributed by atoms with Gasteiger partial charge in [0.2, 0.25) is 0 Å². The van der Waals surface area contributed by atoms with Gasteiger partial charge in [-0.25, -0.2) is 4.98 Å². The van der Waals surface area contributed by atoms with E-state index in [1.165, 1.54) is 0 Å². The van der Waals surface area contributed by atoms with Gasteiger partial charge in [0.05, 0.1) is 16.8 Å². The first-order valence-corrected chi connectivity index (χ1v) is 6.65. The lowest BCUT2D eigenvalue weighted by Crippen LogP contribution is -2.41. The molecule has 0 radical (unpaired) electrons. The fourth-order valence-corrected chi connectivity index (χ4v) is 2.13. The first kappa shape index (κ1) is 13.8. The monoisotopic (exact) mass is 267 g/mol. The summed E-state index contributed by atoms with van der Waals surface area (Å²) in [4.78, 5) is 4.37. The molecular weight excluding hydrogens is 248 g/mol. The molecule has 0 atom stereocenters. The molecule has 1 aromatic rings. The Morgan fingerprint density at radius 1 is 1.17 bits per heavy atom. The zero-order valence-corrected chi connectivity index (χ0v) is 12.3. The predicted octanol–water partition coefficient (Wildman–Crippen LogP) is 2.60. The molecule has 0 N–H and O–H groups in total. The number of halogens is 1. The number of pyridine rings is 1. The molecule has 2 rings (SSSR count). The Kier molecular flexibility index (Phi) is 3.47. The van der Waals surface area contributed by atoms with Gasteiger partial charge >= 0.3 is 7.12 Å². The molecule has 0 amide bonds. The second-order valence-corrected chi connectivity index (χ2v) is 5.99. The molecule has 5 heteroatoms. The van der Waals surface area contributed by atoms with Crippen LogP contribution in [0, 0.1) is 0 Å². The van der Waals surface area contributed by atoms with E-state index >= 15 is 0 Å². The standard InChI is InChI=1S/C13H19BClNO2/c1-6-9-7-8-10(16-11(9)15)14-17-12(2,3)13(4,5)18-14/h7-8H,6H2,1-5H3. The van der Waals surface area contributed by atoms with Gasteiger partial charge in [0.15, 0.2) is 0 Å². The van der Waals surface area contributed by atoms with Gasteiger partial charge in [0.25, 0.3) is 0 Å². The second kappa shape index (κ2) is 4.51. The predicted molar refractivity (Wildman–Crippen MR) is 74.3 cm³/mol. The lowest BCUT2D eigenvalue weighted by molar-refractivity contribution is 0.00578. The van der Waals surface area contributed by atoms with Gasteiger partial charge in [0, 0.05) is 0 Å². The van der Waals surface area contributed by atoms with Crippen molar-refractivity contribution in [1.82, 2.24) is 4.98 Å². The van der Waals surface area contributed by atoms with Crippen LogP contribution in [0.3, 0.4) is 0 Å². The van der Waals surface area contributed by atoms with Crippen molar-refractivity contribution in [1.29, 1.82) is 0 Å². The molecule has 1 fully saturated rings. The van der Waals surface area contributed by atoms with Crippen LogP contribution in [0.1, 0.15) is 40.2 Å². The number of hydrogen-bond donors (Lipinski definition) is 0. The summed E-state index contributed by atoms with van der Waals surface area (Å²) in [6, 6.07) is 3.91. The van der Waals surface area contributed by atoms with E-state index in [-0.39, 0.29) is 11.2 Å². The summed E-state index contributed by atoms with van der Waals surface area (Å²) in [5, 5.41) is 0.532. The molecular formula is C13H19BClNO2. The average Bonchev–Trinajstić information content (AvgIpc) is 2.48. The maximum atomic E-state index is 6.13. The Hall–Kier alpha value is -0.575. The Balaban J connectivity index is 2.27. The minimum Gasteiger partial charge on any atom is -0.398 e. The van der Waals surface area contributed by atoms with Gasteiger partial charge < -0.3 is 9.31 Å². The summed E-state index contributed by atoms with van der Waals surface area (Å²) in [5.41, 5.74) is 1.07. The van der Waals surface area contributed by atoms with E-state index in [1.54, 1.807) is 0 Å². The van der Waals surface area contributed by atoms with Crippen molar-refractivity contribution >= 4 is 24.3 Å².